The van der Waals surface area contributed by atoms with Gasteiger partial charge in [0.1, 0.15) is 5.69 Å². The Bertz CT molecular complexity index is 538. The SMILES string of the molecule is CCNc1nc(-c2csc(C)n2)nc(C)c1F. The van der Waals surface area contributed by atoms with Gasteiger partial charge in [-0.25, -0.2) is 19.3 Å². The zero-order valence-electron chi connectivity index (χ0n) is 9.91. The Morgan fingerprint density at radius 2 is 2.06 bits per heavy atom. The zero-order valence-corrected chi connectivity index (χ0v) is 10.7. The first kappa shape index (κ1) is 11.9. The molecule has 0 aromatic carbocycles. The lowest BCUT2D eigenvalue weighted by Gasteiger charge is -2.07. The van der Waals surface area contributed by atoms with Gasteiger partial charge in [-0.1, -0.05) is 0 Å². The highest BCUT2D eigenvalue weighted by Gasteiger charge is 2.13. The summed E-state index contributed by atoms with van der Waals surface area (Å²) in [7, 11) is 0. The van der Waals surface area contributed by atoms with Crippen LogP contribution >= 0.6 is 11.3 Å². The maximum atomic E-state index is 13.7. The van der Waals surface area contributed by atoms with Gasteiger partial charge < -0.3 is 5.32 Å². The molecule has 0 radical (unpaired) electrons. The van der Waals surface area contributed by atoms with Crippen LogP contribution in [0.5, 0.6) is 0 Å². The van der Waals surface area contributed by atoms with Gasteiger partial charge in [0.15, 0.2) is 17.5 Å². The normalized spacial score (nSPS) is 10.6. The van der Waals surface area contributed by atoms with Gasteiger partial charge in [-0.2, -0.15) is 0 Å². The van der Waals surface area contributed by atoms with Gasteiger partial charge >= 0.3 is 0 Å². The van der Waals surface area contributed by atoms with Gasteiger partial charge in [0.05, 0.1) is 10.7 Å². The van der Waals surface area contributed by atoms with Crippen LogP contribution in [0.1, 0.15) is 17.6 Å². The molecule has 6 heteroatoms. The molecule has 0 aliphatic rings. The molecular formula is C11H13FN4S. The molecule has 0 bridgehead atoms. The van der Waals surface area contributed by atoms with Crippen LogP contribution in [0.3, 0.4) is 0 Å². The van der Waals surface area contributed by atoms with Gasteiger partial charge in [-0.15, -0.1) is 11.3 Å². The Labute approximate surface area is 103 Å². The summed E-state index contributed by atoms with van der Waals surface area (Å²) in [6.45, 7) is 6.04. The molecule has 0 atom stereocenters. The third-order valence-electron chi connectivity index (χ3n) is 2.21. The Morgan fingerprint density at radius 3 is 2.65 bits per heavy atom. The number of nitrogens with one attached hydrogen (secondary N) is 1. The number of hydrogen-bond donors (Lipinski definition) is 1. The van der Waals surface area contributed by atoms with Crippen LogP contribution in [0.2, 0.25) is 0 Å². The second-order valence-electron chi connectivity index (χ2n) is 3.58. The van der Waals surface area contributed by atoms with E-state index in [1.54, 1.807) is 6.92 Å². The molecule has 0 fully saturated rings. The van der Waals surface area contributed by atoms with Crippen molar-refractivity contribution in [3.63, 3.8) is 0 Å². The van der Waals surface area contributed by atoms with Crippen molar-refractivity contribution in [3.05, 3.63) is 21.9 Å². The number of thiazole rings is 1. The second kappa shape index (κ2) is 4.75. The maximum absolute atomic E-state index is 13.7. The molecule has 90 valence electrons. The highest BCUT2D eigenvalue weighted by Crippen LogP contribution is 2.22. The molecular weight excluding hydrogens is 239 g/mol. The van der Waals surface area contributed by atoms with Crippen LogP contribution in [0.25, 0.3) is 11.5 Å². The van der Waals surface area contributed by atoms with Gasteiger partial charge in [-0.05, 0) is 20.8 Å². The number of hydrogen-bond acceptors (Lipinski definition) is 5. The average Bonchev–Trinajstić information content (AvgIpc) is 2.71. The highest BCUT2D eigenvalue weighted by atomic mass is 32.1. The fraction of sp³-hybridized carbons (Fsp3) is 0.364. The largest absolute Gasteiger partial charge is 0.368 e. The number of aryl methyl sites for hydroxylation is 2. The Morgan fingerprint density at radius 1 is 1.29 bits per heavy atom. The smallest absolute Gasteiger partial charge is 0.186 e. The van der Waals surface area contributed by atoms with E-state index in [9.17, 15) is 4.39 Å². The third-order valence-corrected chi connectivity index (χ3v) is 2.98. The Hall–Kier alpha value is -1.56. The van der Waals surface area contributed by atoms with E-state index in [1.165, 1.54) is 11.3 Å². The van der Waals surface area contributed by atoms with Crippen molar-refractivity contribution >= 4 is 17.2 Å². The highest BCUT2D eigenvalue weighted by molar-refractivity contribution is 7.09. The lowest BCUT2D eigenvalue weighted by atomic mass is 10.3. The molecule has 0 aliphatic heterocycles. The molecule has 4 nitrogen and oxygen atoms in total. The minimum atomic E-state index is -0.400. The predicted molar refractivity (Wildman–Crippen MR) is 66.7 cm³/mol. The number of halogens is 1. The van der Waals surface area contributed by atoms with Crippen molar-refractivity contribution in [2.75, 3.05) is 11.9 Å². The lowest BCUT2D eigenvalue weighted by Crippen LogP contribution is -2.06. The molecule has 0 aliphatic carbocycles. The van der Waals surface area contributed by atoms with Crippen molar-refractivity contribution in [3.8, 4) is 11.5 Å². The quantitative estimate of drug-likeness (QED) is 0.912. The van der Waals surface area contributed by atoms with Crippen LogP contribution in [0.4, 0.5) is 10.2 Å². The molecule has 17 heavy (non-hydrogen) atoms. The summed E-state index contributed by atoms with van der Waals surface area (Å²) in [6, 6.07) is 0. The van der Waals surface area contributed by atoms with Crippen molar-refractivity contribution < 1.29 is 4.39 Å². The first-order valence-corrected chi connectivity index (χ1v) is 6.20. The monoisotopic (exact) mass is 252 g/mol. The van der Waals surface area contributed by atoms with E-state index in [-0.39, 0.29) is 5.82 Å². The standard InChI is InChI=1S/C11H13FN4S/c1-4-13-11-9(12)6(2)14-10(16-11)8-5-17-7(3)15-8/h5H,4H2,1-3H3,(H,13,14,16). The van der Waals surface area contributed by atoms with Gasteiger partial charge in [0.25, 0.3) is 0 Å². The molecule has 1 N–H and O–H groups in total. The molecule has 0 saturated carbocycles. The molecule has 0 amide bonds. The third kappa shape index (κ3) is 2.41. The molecule has 2 aromatic heterocycles. The number of rotatable bonds is 3. The first-order chi connectivity index (χ1) is 8.11. The van der Waals surface area contributed by atoms with Crippen molar-refractivity contribution in [2.45, 2.75) is 20.8 Å². The van der Waals surface area contributed by atoms with Gasteiger partial charge in [0.2, 0.25) is 0 Å². The van der Waals surface area contributed by atoms with Crippen molar-refractivity contribution in [1.82, 2.24) is 15.0 Å². The molecule has 2 aromatic rings. The summed E-state index contributed by atoms with van der Waals surface area (Å²) >= 11 is 1.52. The summed E-state index contributed by atoms with van der Waals surface area (Å²) in [4.78, 5) is 12.6. The maximum Gasteiger partial charge on any atom is 0.186 e. The van der Waals surface area contributed by atoms with Crippen LogP contribution in [0.15, 0.2) is 5.38 Å². The van der Waals surface area contributed by atoms with E-state index in [4.69, 9.17) is 0 Å². The van der Waals surface area contributed by atoms with E-state index in [2.05, 4.69) is 20.3 Å². The topological polar surface area (TPSA) is 50.7 Å². The second-order valence-corrected chi connectivity index (χ2v) is 4.64. The zero-order chi connectivity index (χ0) is 12.4. The minimum Gasteiger partial charge on any atom is -0.368 e. The summed E-state index contributed by atoms with van der Waals surface area (Å²) < 4.78 is 13.7. The molecule has 2 heterocycles. The summed E-state index contributed by atoms with van der Waals surface area (Å²) in [5, 5.41) is 5.70. The summed E-state index contributed by atoms with van der Waals surface area (Å²) in [5.74, 6) is 0.299. The van der Waals surface area contributed by atoms with E-state index in [1.807, 2.05) is 19.2 Å². The molecule has 0 spiro atoms. The number of nitrogens with zero attached hydrogens (tertiary/aromatic N) is 3. The van der Waals surface area contributed by atoms with E-state index >= 15 is 0 Å². The van der Waals surface area contributed by atoms with Crippen molar-refractivity contribution in [1.29, 1.82) is 0 Å². The molecule has 2 rings (SSSR count). The fourth-order valence-corrected chi connectivity index (χ4v) is 2.02. The molecule has 0 unspecified atom stereocenters. The Balaban J connectivity index is 2.48. The number of anilines is 1. The Kier molecular flexibility index (Phi) is 3.33. The fourth-order valence-electron chi connectivity index (χ4n) is 1.42. The van der Waals surface area contributed by atoms with Crippen molar-refractivity contribution in [2.24, 2.45) is 0 Å². The lowest BCUT2D eigenvalue weighted by molar-refractivity contribution is 0.606. The van der Waals surface area contributed by atoms with E-state index < -0.39 is 5.82 Å². The van der Waals surface area contributed by atoms with E-state index in [0.29, 0.717) is 23.8 Å². The predicted octanol–water partition coefficient (Wildman–Crippen LogP) is 2.79. The van der Waals surface area contributed by atoms with Gasteiger partial charge in [0, 0.05) is 11.9 Å². The summed E-state index contributed by atoms with van der Waals surface area (Å²) in [5.41, 5.74) is 1.02. The molecule has 0 saturated heterocycles. The number of aromatic nitrogens is 3. The minimum absolute atomic E-state index is 0.237. The van der Waals surface area contributed by atoms with Crippen LogP contribution in [0, 0.1) is 19.7 Å². The van der Waals surface area contributed by atoms with Crippen LogP contribution < -0.4 is 5.32 Å². The first-order valence-electron chi connectivity index (χ1n) is 5.32. The van der Waals surface area contributed by atoms with Gasteiger partial charge in [-0.3, -0.25) is 0 Å². The van der Waals surface area contributed by atoms with E-state index in [0.717, 1.165) is 5.01 Å². The summed E-state index contributed by atoms with van der Waals surface area (Å²) in [6.07, 6.45) is 0. The average molecular weight is 252 g/mol. The van der Waals surface area contributed by atoms with Crippen LogP contribution in [-0.2, 0) is 0 Å². The van der Waals surface area contributed by atoms with Crippen LogP contribution in [-0.4, -0.2) is 21.5 Å².